The smallest absolute Gasteiger partial charge is 0.340 e. The number of piperidine rings is 1. The summed E-state index contributed by atoms with van der Waals surface area (Å²) in [6, 6.07) is 6.04. The van der Waals surface area contributed by atoms with E-state index in [9.17, 15) is 29.7 Å². The maximum Gasteiger partial charge on any atom is 0.340 e. The molecule has 6 aliphatic rings. The summed E-state index contributed by atoms with van der Waals surface area (Å²) in [5.41, 5.74) is 0.900. The van der Waals surface area contributed by atoms with E-state index in [0.717, 1.165) is 0 Å². The van der Waals surface area contributed by atoms with Crippen molar-refractivity contribution in [3.8, 4) is 0 Å². The lowest BCUT2D eigenvalue weighted by Crippen LogP contribution is -2.82. The molecule has 14 atom stereocenters. The zero-order valence-corrected chi connectivity index (χ0v) is 29.0. The molecule has 1 spiro atoms. The number of fused-ring (bicyclic) bond motifs is 2. The first-order valence-corrected chi connectivity index (χ1v) is 17.6. The first kappa shape index (κ1) is 34.8. The molecule has 1 aromatic rings. The molecule has 6 fully saturated rings. The number of amides is 2. The maximum absolute atomic E-state index is 13.9. The van der Waals surface area contributed by atoms with Crippen LogP contribution in [0.5, 0.6) is 0 Å². The van der Waals surface area contributed by atoms with Gasteiger partial charge in [0.25, 0.3) is 0 Å². The molecule has 13 nitrogen and oxygen atoms in total. The Morgan fingerprint density at radius 1 is 1.12 bits per heavy atom. The molecule has 49 heavy (non-hydrogen) atoms. The van der Waals surface area contributed by atoms with Crippen molar-refractivity contribution in [1.29, 1.82) is 0 Å². The standard InChI is InChI=1S/C36H51N3O10/c1-6-39-16-33(17-49-31(43)19-9-7-8-10-22(19)38-25(40)13-18(2)30(37)42)12-11-24(47-4)35-21-14-20-23(46-3)15-34(44,26(21)27(20)41)36(45,32(35)39)29(48-5)28(33)35/h7-10,18,20-21,23-24,26-29,32,41,44-45H,6,11-17H2,1-5H3,(H2,37,42)(H,38,40)/t18-,20+,21+,23-,24-,26+,27-,28+,29-,32?,33-,34+,35-,36+/m0/s1. The Balaban J connectivity index is 1.27. The van der Waals surface area contributed by atoms with Crippen LogP contribution in [0.2, 0.25) is 0 Å². The predicted molar refractivity (Wildman–Crippen MR) is 175 cm³/mol. The highest BCUT2D eigenvalue weighted by atomic mass is 16.5. The molecule has 0 radical (unpaired) electrons. The van der Waals surface area contributed by atoms with Crippen molar-refractivity contribution in [2.24, 2.45) is 46.2 Å². The van der Waals surface area contributed by atoms with Crippen LogP contribution < -0.4 is 11.1 Å². The Hall–Kier alpha value is -2.65. The highest BCUT2D eigenvalue weighted by Crippen LogP contribution is 2.80. The van der Waals surface area contributed by atoms with Gasteiger partial charge in [-0.05, 0) is 43.9 Å². The molecule has 270 valence electrons. The number of nitrogens with two attached hydrogens (primary N) is 1. The van der Waals surface area contributed by atoms with E-state index in [4.69, 9.17) is 24.7 Å². The summed E-state index contributed by atoms with van der Waals surface area (Å²) in [5, 5.41) is 40.8. The van der Waals surface area contributed by atoms with Crippen LogP contribution in [0.3, 0.4) is 0 Å². The number of aliphatic hydroxyl groups excluding tert-OH is 1. The SMILES string of the molecule is CCN1C[C@]2(COC(=O)c3ccccc3NC(=O)C[C@H](C)C(N)=O)CC[C@H](OC)[C@]34C1[C@](O)([C@@H](OC)[C@H]23)[C@@]1(O)C[C@H](OC)[C@H]2C[C@@H]4[C@@H]1[C@H]2O. The fourth-order valence-corrected chi connectivity index (χ4v) is 12.3. The highest BCUT2D eigenvalue weighted by Gasteiger charge is 2.91. The number of carbonyl (C=O) groups excluding carboxylic acids is 3. The normalized spacial score (nSPS) is 45.1. The van der Waals surface area contributed by atoms with Crippen LogP contribution >= 0.6 is 0 Å². The van der Waals surface area contributed by atoms with E-state index in [1.165, 1.54) is 0 Å². The van der Waals surface area contributed by atoms with Crippen LogP contribution in [0, 0.1) is 40.4 Å². The number of likely N-dealkylation sites (N-methyl/N-ethyl adjacent to an activating group) is 1. The van der Waals surface area contributed by atoms with Gasteiger partial charge in [0.1, 0.15) is 11.2 Å². The van der Waals surface area contributed by atoms with Gasteiger partial charge in [-0.3, -0.25) is 14.5 Å². The van der Waals surface area contributed by atoms with E-state index in [0.29, 0.717) is 32.4 Å². The number of carbonyl (C=O) groups is 3. The molecule has 6 N–H and O–H groups in total. The topological polar surface area (TPSA) is 190 Å². The van der Waals surface area contributed by atoms with Crippen LogP contribution in [0.15, 0.2) is 24.3 Å². The van der Waals surface area contributed by atoms with E-state index >= 15 is 0 Å². The number of nitrogens with one attached hydrogen (secondary N) is 1. The van der Waals surface area contributed by atoms with Gasteiger partial charge >= 0.3 is 5.97 Å². The summed E-state index contributed by atoms with van der Waals surface area (Å²) in [6.45, 7) is 4.68. The van der Waals surface area contributed by atoms with Gasteiger partial charge in [0.05, 0.1) is 48.3 Å². The first-order chi connectivity index (χ1) is 23.3. The number of nitrogens with zero attached hydrogens (tertiary/aromatic N) is 1. The third-order valence-electron chi connectivity index (χ3n) is 14.0. The van der Waals surface area contributed by atoms with E-state index in [1.54, 1.807) is 52.5 Å². The lowest BCUT2D eigenvalue weighted by Gasteiger charge is -2.70. The largest absolute Gasteiger partial charge is 0.461 e. The van der Waals surface area contributed by atoms with E-state index in [1.807, 2.05) is 6.92 Å². The Bertz CT molecular complexity index is 1510. The number of hydrogen-bond donors (Lipinski definition) is 5. The molecule has 5 saturated carbocycles. The van der Waals surface area contributed by atoms with Crippen LogP contribution in [-0.2, 0) is 28.5 Å². The summed E-state index contributed by atoms with van der Waals surface area (Å²) < 4.78 is 24.8. The number of aliphatic hydroxyl groups is 3. The monoisotopic (exact) mass is 685 g/mol. The summed E-state index contributed by atoms with van der Waals surface area (Å²) in [5.74, 6) is -3.71. The quantitative estimate of drug-likeness (QED) is 0.209. The Morgan fingerprint density at radius 2 is 1.86 bits per heavy atom. The number of benzene rings is 1. The van der Waals surface area contributed by atoms with Crippen LogP contribution in [0.25, 0.3) is 0 Å². The van der Waals surface area contributed by atoms with Crippen LogP contribution in [0.1, 0.15) is 56.3 Å². The van der Waals surface area contributed by atoms with Gasteiger partial charge in [-0.2, -0.15) is 0 Å². The summed E-state index contributed by atoms with van der Waals surface area (Å²) in [7, 11) is 4.86. The van der Waals surface area contributed by atoms with Crippen molar-refractivity contribution in [3.05, 3.63) is 29.8 Å². The van der Waals surface area contributed by atoms with Crippen molar-refractivity contribution in [2.75, 3.05) is 46.3 Å². The third kappa shape index (κ3) is 4.39. The number of para-hydroxylation sites is 1. The molecule has 1 saturated heterocycles. The predicted octanol–water partition coefficient (Wildman–Crippen LogP) is 0.932. The van der Waals surface area contributed by atoms with Gasteiger partial charge in [-0.1, -0.05) is 26.0 Å². The molecule has 0 aromatic heterocycles. The van der Waals surface area contributed by atoms with Crippen molar-refractivity contribution in [1.82, 2.24) is 4.90 Å². The van der Waals surface area contributed by atoms with Gasteiger partial charge in [0.2, 0.25) is 11.8 Å². The molecule has 2 amide bonds. The summed E-state index contributed by atoms with van der Waals surface area (Å²) >= 11 is 0. The van der Waals surface area contributed by atoms with E-state index in [-0.39, 0.29) is 54.6 Å². The minimum Gasteiger partial charge on any atom is -0.461 e. The van der Waals surface area contributed by atoms with Gasteiger partial charge in [-0.25, -0.2) is 4.79 Å². The van der Waals surface area contributed by atoms with Crippen molar-refractivity contribution < 1.29 is 48.7 Å². The fraction of sp³-hybridized carbons (Fsp3) is 0.750. The second-order valence-electron chi connectivity index (χ2n) is 15.7. The lowest BCUT2D eigenvalue weighted by molar-refractivity contribution is -0.318. The molecule has 1 heterocycles. The van der Waals surface area contributed by atoms with Crippen molar-refractivity contribution in [2.45, 2.75) is 87.6 Å². The number of anilines is 1. The Morgan fingerprint density at radius 3 is 2.51 bits per heavy atom. The second-order valence-corrected chi connectivity index (χ2v) is 15.7. The number of ether oxygens (including phenoxy) is 4. The fourth-order valence-electron chi connectivity index (χ4n) is 12.3. The third-order valence-corrected chi connectivity index (χ3v) is 14.0. The number of rotatable bonds is 11. The Labute approximate surface area is 286 Å². The minimum absolute atomic E-state index is 0.0112. The molecular weight excluding hydrogens is 634 g/mol. The molecule has 7 bridgehead atoms. The molecule has 1 unspecified atom stereocenters. The molecule has 5 aliphatic carbocycles. The average Bonchev–Trinajstić information content (AvgIpc) is 3.44. The summed E-state index contributed by atoms with van der Waals surface area (Å²) in [4.78, 5) is 40.4. The summed E-state index contributed by atoms with van der Waals surface area (Å²) in [6.07, 6.45) is -0.509. The number of hydrogen-bond acceptors (Lipinski definition) is 11. The van der Waals surface area contributed by atoms with E-state index < -0.39 is 76.0 Å². The second kappa shape index (κ2) is 12.0. The molecule has 1 aliphatic heterocycles. The average molecular weight is 686 g/mol. The van der Waals surface area contributed by atoms with Gasteiger partial charge < -0.3 is 45.3 Å². The number of likely N-dealkylation sites (tertiary alicyclic amines) is 1. The van der Waals surface area contributed by atoms with Crippen LogP contribution in [-0.4, -0.2) is 121 Å². The molecule has 1 aromatic carbocycles. The van der Waals surface area contributed by atoms with E-state index in [2.05, 4.69) is 10.2 Å². The number of methoxy groups -OCH3 is 3. The number of esters is 1. The molecule has 7 rings (SSSR count). The van der Waals surface area contributed by atoms with Gasteiger partial charge in [0.15, 0.2) is 0 Å². The maximum atomic E-state index is 13.9. The zero-order valence-electron chi connectivity index (χ0n) is 29.0. The van der Waals surface area contributed by atoms with Crippen molar-refractivity contribution >= 4 is 23.5 Å². The van der Waals surface area contributed by atoms with Gasteiger partial charge in [-0.15, -0.1) is 0 Å². The van der Waals surface area contributed by atoms with Gasteiger partial charge in [0, 0.05) is 75.2 Å². The van der Waals surface area contributed by atoms with Crippen molar-refractivity contribution in [3.63, 3.8) is 0 Å². The molecular formula is C36H51N3O10. The minimum atomic E-state index is -1.78. The Kier molecular flexibility index (Phi) is 8.49. The first-order valence-electron chi connectivity index (χ1n) is 17.6. The lowest BCUT2D eigenvalue weighted by atomic mass is 9.42. The van der Waals surface area contributed by atoms with Crippen LogP contribution in [0.4, 0.5) is 5.69 Å². The molecule has 13 heteroatoms. The zero-order chi connectivity index (χ0) is 35.3. The number of primary amides is 1. The highest BCUT2D eigenvalue weighted by molar-refractivity contribution is 6.02.